The third-order valence-corrected chi connectivity index (χ3v) is 2.52. The van der Waals surface area contributed by atoms with E-state index in [9.17, 15) is 0 Å². The fraction of sp³-hybridized carbons (Fsp3) is 0.571. The van der Waals surface area contributed by atoms with Crippen LogP contribution in [0.1, 0.15) is 27.2 Å². The second kappa shape index (κ2) is 5.90. The van der Waals surface area contributed by atoms with Crippen LogP contribution in [0, 0.1) is 0 Å². The van der Waals surface area contributed by atoms with Gasteiger partial charge in [0.25, 0.3) is 0 Å². The van der Waals surface area contributed by atoms with Crippen LogP contribution in [0.5, 0.6) is 0 Å². The molecule has 0 aliphatic carbocycles. The molecule has 2 heteroatoms. The molecule has 0 saturated heterocycles. The largest absolute Gasteiger partial charge is 0.375 e. The molecular formula is C14H24N2. The second-order valence-electron chi connectivity index (χ2n) is 5.29. The van der Waals surface area contributed by atoms with Gasteiger partial charge < -0.3 is 10.2 Å². The van der Waals surface area contributed by atoms with Gasteiger partial charge in [0, 0.05) is 24.8 Å². The Hall–Kier alpha value is -1.02. The normalized spacial score (nSPS) is 11.5. The Bertz CT molecular complexity index is 287. The zero-order chi connectivity index (χ0) is 12.0. The minimum atomic E-state index is 0.227. The van der Waals surface area contributed by atoms with Gasteiger partial charge in [-0.25, -0.2) is 0 Å². The van der Waals surface area contributed by atoms with Gasteiger partial charge in [-0.2, -0.15) is 0 Å². The molecule has 0 aliphatic rings. The first-order valence-corrected chi connectivity index (χ1v) is 6.00. The Kier molecular flexibility index (Phi) is 4.81. The van der Waals surface area contributed by atoms with Crippen molar-refractivity contribution in [2.24, 2.45) is 0 Å². The lowest BCUT2D eigenvalue weighted by atomic mass is 10.1. The van der Waals surface area contributed by atoms with Crippen molar-refractivity contribution in [1.29, 1.82) is 0 Å². The lowest BCUT2D eigenvalue weighted by Gasteiger charge is -2.23. The van der Waals surface area contributed by atoms with Crippen molar-refractivity contribution in [3.05, 3.63) is 30.3 Å². The molecule has 0 unspecified atom stereocenters. The number of hydrogen-bond donors (Lipinski definition) is 1. The maximum atomic E-state index is 3.50. The van der Waals surface area contributed by atoms with E-state index < -0.39 is 0 Å². The molecule has 0 amide bonds. The van der Waals surface area contributed by atoms with Gasteiger partial charge in [0.05, 0.1) is 0 Å². The van der Waals surface area contributed by atoms with E-state index in [-0.39, 0.29) is 5.54 Å². The van der Waals surface area contributed by atoms with Crippen molar-refractivity contribution >= 4 is 5.69 Å². The Labute approximate surface area is 99.7 Å². The van der Waals surface area contributed by atoms with Gasteiger partial charge in [0.1, 0.15) is 0 Å². The molecule has 0 fully saturated rings. The van der Waals surface area contributed by atoms with E-state index in [1.165, 1.54) is 12.1 Å². The van der Waals surface area contributed by atoms with Crippen LogP contribution in [-0.2, 0) is 0 Å². The van der Waals surface area contributed by atoms with E-state index in [2.05, 4.69) is 68.4 Å². The number of nitrogens with zero attached hydrogens (tertiary/aromatic N) is 1. The highest BCUT2D eigenvalue weighted by atomic mass is 15.1. The molecule has 1 rings (SSSR count). The fourth-order valence-corrected chi connectivity index (χ4v) is 1.59. The highest BCUT2D eigenvalue weighted by molar-refractivity contribution is 5.44. The predicted octanol–water partition coefficient (Wildman–Crippen LogP) is 2.90. The molecule has 0 aliphatic heterocycles. The second-order valence-corrected chi connectivity index (χ2v) is 5.29. The highest BCUT2D eigenvalue weighted by Crippen LogP contribution is 2.10. The number of benzene rings is 1. The van der Waals surface area contributed by atoms with E-state index >= 15 is 0 Å². The molecule has 16 heavy (non-hydrogen) atoms. The first-order valence-electron chi connectivity index (χ1n) is 6.00. The molecule has 0 bridgehead atoms. The van der Waals surface area contributed by atoms with Crippen molar-refractivity contribution in [3.63, 3.8) is 0 Å². The molecule has 2 nitrogen and oxygen atoms in total. The monoisotopic (exact) mass is 220 g/mol. The Morgan fingerprint density at radius 2 is 1.75 bits per heavy atom. The van der Waals surface area contributed by atoms with E-state index in [1.54, 1.807) is 0 Å². The molecule has 0 saturated carbocycles. The molecule has 0 radical (unpaired) electrons. The standard InChI is InChI=1S/C14H24N2/c1-14(2,3)15-11-8-12-16(4)13-9-6-5-7-10-13/h5-7,9-10,15H,8,11-12H2,1-4H3. The summed E-state index contributed by atoms with van der Waals surface area (Å²) in [6, 6.07) is 10.5. The van der Waals surface area contributed by atoms with Gasteiger partial charge in [0.15, 0.2) is 0 Å². The van der Waals surface area contributed by atoms with Gasteiger partial charge in [-0.05, 0) is 45.9 Å². The van der Waals surface area contributed by atoms with Crippen molar-refractivity contribution < 1.29 is 0 Å². The van der Waals surface area contributed by atoms with Crippen LogP contribution in [0.3, 0.4) is 0 Å². The third-order valence-electron chi connectivity index (χ3n) is 2.52. The van der Waals surface area contributed by atoms with Crippen molar-refractivity contribution in [3.8, 4) is 0 Å². The minimum Gasteiger partial charge on any atom is -0.375 e. The van der Waals surface area contributed by atoms with E-state index in [4.69, 9.17) is 0 Å². The average Bonchev–Trinajstić information content (AvgIpc) is 2.24. The number of hydrogen-bond acceptors (Lipinski definition) is 2. The summed E-state index contributed by atoms with van der Waals surface area (Å²) in [6.07, 6.45) is 1.17. The van der Waals surface area contributed by atoms with Crippen molar-refractivity contribution in [2.45, 2.75) is 32.7 Å². The lowest BCUT2D eigenvalue weighted by molar-refractivity contribution is 0.423. The number of nitrogens with one attached hydrogen (secondary N) is 1. The molecule has 0 aromatic heterocycles. The molecule has 1 aromatic rings. The summed E-state index contributed by atoms with van der Waals surface area (Å²) < 4.78 is 0. The van der Waals surface area contributed by atoms with Crippen molar-refractivity contribution in [1.82, 2.24) is 5.32 Å². The van der Waals surface area contributed by atoms with Crippen LogP contribution >= 0.6 is 0 Å². The zero-order valence-electron chi connectivity index (χ0n) is 11.0. The van der Waals surface area contributed by atoms with Crippen LogP contribution in [-0.4, -0.2) is 25.7 Å². The topological polar surface area (TPSA) is 15.3 Å². The third kappa shape index (κ3) is 5.17. The summed E-state index contributed by atoms with van der Waals surface area (Å²) in [5.41, 5.74) is 1.52. The van der Waals surface area contributed by atoms with Crippen LogP contribution in [0.15, 0.2) is 30.3 Å². The van der Waals surface area contributed by atoms with Gasteiger partial charge >= 0.3 is 0 Å². The molecule has 1 aromatic carbocycles. The molecule has 0 atom stereocenters. The molecule has 90 valence electrons. The summed E-state index contributed by atoms with van der Waals surface area (Å²) >= 11 is 0. The SMILES string of the molecule is CN(CCCNC(C)(C)C)c1ccccc1. The summed E-state index contributed by atoms with van der Waals surface area (Å²) in [7, 11) is 2.15. The zero-order valence-corrected chi connectivity index (χ0v) is 11.0. The van der Waals surface area contributed by atoms with Gasteiger partial charge in [-0.3, -0.25) is 0 Å². The van der Waals surface area contributed by atoms with E-state index in [0.29, 0.717) is 0 Å². The molecule has 1 N–H and O–H groups in total. The van der Waals surface area contributed by atoms with Crippen LogP contribution in [0.2, 0.25) is 0 Å². The predicted molar refractivity (Wildman–Crippen MR) is 72.1 cm³/mol. The first kappa shape index (κ1) is 13.0. The van der Waals surface area contributed by atoms with Crippen LogP contribution < -0.4 is 10.2 Å². The molecule has 0 heterocycles. The maximum absolute atomic E-state index is 3.50. The average molecular weight is 220 g/mol. The number of rotatable bonds is 5. The Balaban J connectivity index is 2.24. The molecular weight excluding hydrogens is 196 g/mol. The van der Waals surface area contributed by atoms with Crippen LogP contribution in [0.4, 0.5) is 5.69 Å². The summed E-state index contributed by atoms with van der Waals surface area (Å²) in [4.78, 5) is 2.30. The Morgan fingerprint density at radius 1 is 1.12 bits per heavy atom. The Morgan fingerprint density at radius 3 is 2.31 bits per heavy atom. The van der Waals surface area contributed by atoms with Gasteiger partial charge in [-0.15, -0.1) is 0 Å². The molecule has 0 spiro atoms. The fourth-order valence-electron chi connectivity index (χ4n) is 1.59. The first-order chi connectivity index (χ1) is 7.49. The number of anilines is 1. The minimum absolute atomic E-state index is 0.227. The summed E-state index contributed by atoms with van der Waals surface area (Å²) in [6.45, 7) is 8.77. The van der Waals surface area contributed by atoms with Gasteiger partial charge in [-0.1, -0.05) is 18.2 Å². The van der Waals surface area contributed by atoms with E-state index in [1.807, 2.05) is 0 Å². The van der Waals surface area contributed by atoms with Crippen molar-refractivity contribution in [2.75, 3.05) is 25.0 Å². The smallest absolute Gasteiger partial charge is 0.0363 e. The quantitative estimate of drug-likeness (QED) is 0.768. The number of para-hydroxylation sites is 1. The maximum Gasteiger partial charge on any atom is 0.0363 e. The van der Waals surface area contributed by atoms with Gasteiger partial charge in [0.2, 0.25) is 0 Å². The summed E-state index contributed by atoms with van der Waals surface area (Å²) in [5, 5.41) is 3.50. The lowest BCUT2D eigenvalue weighted by Crippen LogP contribution is -2.37. The highest BCUT2D eigenvalue weighted by Gasteiger charge is 2.07. The summed E-state index contributed by atoms with van der Waals surface area (Å²) in [5.74, 6) is 0. The van der Waals surface area contributed by atoms with E-state index in [0.717, 1.165) is 13.1 Å². The van der Waals surface area contributed by atoms with Crippen LogP contribution in [0.25, 0.3) is 0 Å².